The molecular weight excluding hydrogens is 162 g/mol. The second-order valence-electron chi connectivity index (χ2n) is 4.41. The molecule has 0 aromatic carbocycles. The van der Waals surface area contributed by atoms with Crippen LogP contribution in [0.25, 0.3) is 0 Å². The first kappa shape index (κ1) is 11.0. The summed E-state index contributed by atoms with van der Waals surface area (Å²) in [5.74, 6) is 0.849. The van der Waals surface area contributed by atoms with Crippen LogP contribution < -0.4 is 5.32 Å². The Hall–Kier alpha value is -0.0800. The molecule has 1 aliphatic rings. The first-order chi connectivity index (χ1) is 6.11. The molecule has 1 rings (SSSR count). The second kappa shape index (κ2) is 4.43. The van der Waals surface area contributed by atoms with Gasteiger partial charge in [-0.15, -0.1) is 0 Å². The standard InChI is InChI=1S/C11H23NO/c1-5-12-10(9-7-8-9)11(3,4)13-6-2/h9-10,12H,5-8H2,1-4H3. The van der Waals surface area contributed by atoms with Gasteiger partial charge in [0, 0.05) is 12.6 Å². The quantitative estimate of drug-likeness (QED) is 0.685. The van der Waals surface area contributed by atoms with Crippen LogP contribution in [0.5, 0.6) is 0 Å². The Labute approximate surface area is 82.0 Å². The van der Waals surface area contributed by atoms with E-state index < -0.39 is 0 Å². The molecule has 1 unspecified atom stereocenters. The molecule has 0 aromatic heterocycles. The van der Waals surface area contributed by atoms with E-state index in [1.807, 2.05) is 0 Å². The van der Waals surface area contributed by atoms with Gasteiger partial charge in [-0.2, -0.15) is 0 Å². The van der Waals surface area contributed by atoms with Crippen molar-refractivity contribution >= 4 is 0 Å². The Bertz CT molecular complexity index is 152. The molecule has 0 radical (unpaired) electrons. The molecule has 0 spiro atoms. The predicted molar refractivity (Wildman–Crippen MR) is 55.9 cm³/mol. The molecular formula is C11H23NO. The summed E-state index contributed by atoms with van der Waals surface area (Å²) in [5, 5.41) is 3.54. The van der Waals surface area contributed by atoms with Crippen molar-refractivity contribution < 1.29 is 4.74 Å². The highest BCUT2D eigenvalue weighted by Gasteiger charge is 2.40. The average Bonchev–Trinajstić information content (AvgIpc) is 2.82. The van der Waals surface area contributed by atoms with Gasteiger partial charge < -0.3 is 10.1 Å². The van der Waals surface area contributed by atoms with Gasteiger partial charge in [0.05, 0.1) is 5.60 Å². The summed E-state index contributed by atoms with van der Waals surface area (Å²) in [6.07, 6.45) is 2.74. The van der Waals surface area contributed by atoms with Gasteiger partial charge in [-0.3, -0.25) is 0 Å². The molecule has 0 heterocycles. The van der Waals surface area contributed by atoms with Gasteiger partial charge in [0.15, 0.2) is 0 Å². The highest BCUT2D eigenvalue weighted by Crippen LogP contribution is 2.38. The van der Waals surface area contributed by atoms with Crippen molar-refractivity contribution in [2.75, 3.05) is 13.2 Å². The van der Waals surface area contributed by atoms with E-state index in [0.717, 1.165) is 19.1 Å². The topological polar surface area (TPSA) is 21.3 Å². The zero-order chi connectivity index (χ0) is 9.90. The maximum atomic E-state index is 5.78. The third-order valence-corrected chi connectivity index (χ3v) is 2.78. The van der Waals surface area contributed by atoms with Crippen molar-refractivity contribution in [2.45, 2.75) is 52.2 Å². The number of hydrogen-bond donors (Lipinski definition) is 1. The lowest BCUT2D eigenvalue weighted by Crippen LogP contribution is -2.50. The molecule has 1 atom stereocenters. The fraction of sp³-hybridized carbons (Fsp3) is 1.00. The van der Waals surface area contributed by atoms with Gasteiger partial charge in [0.1, 0.15) is 0 Å². The maximum absolute atomic E-state index is 5.78. The summed E-state index contributed by atoms with van der Waals surface area (Å²) < 4.78 is 5.78. The lowest BCUT2D eigenvalue weighted by atomic mass is 9.94. The fourth-order valence-corrected chi connectivity index (χ4v) is 2.09. The molecule has 2 nitrogen and oxygen atoms in total. The van der Waals surface area contributed by atoms with Crippen molar-refractivity contribution in [3.05, 3.63) is 0 Å². The number of nitrogens with one attached hydrogen (secondary N) is 1. The molecule has 0 aliphatic heterocycles. The molecule has 0 bridgehead atoms. The monoisotopic (exact) mass is 185 g/mol. The molecule has 78 valence electrons. The number of likely N-dealkylation sites (N-methyl/N-ethyl adjacent to an activating group) is 1. The highest BCUT2D eigenvalue weighted by molar-refractivity contribution is 4.96. The summed E-state index contributed by atoms with van der Waals surface area (Å²) in [7, 11) is 0. The van der Waals surface area contributed by atoms with Crippen LogP contribution in [0.2, 0.25) is 0 Å². The molecule has 1 fully saturated rings. The largest absolute Gasteiger partial charge is 0.374 e. The van der Waals surface area contributed by atoms with Crippen molar-refractivity contribution in [3.63, 3.8) is 0 Å². The summed E-state index contributed by atoms with van der Waals surface area (Å²) >= 11 is 0. The lowest BCUT2D eigenvalue weighted by Gasteiger charge is -2.35. The minimum absolute atomic E-state index is 0.00801. The van der Waals surface area contributed by atoms with E-state index in [0.29, 0.717) is 6.04 Å². The van der Waals surface area contributed by atoms with Gasteiger partial charge in [-0.25, -0.2) is 0 Å². The van der Waals surface area contributed by atoms with E-state index in [-0.39, 0.29) is 5.60 Å². The number of hydrogen-bond acceptors (Lipinski definition) is 2. The molecule has 1 aliphatic carbocycles. The van der Waals surface area contributed by atoms with Gasteiger partial charge >= 0.3 is 0 Å². The van der Waals surface area contributed by atoms with Gasteiger partial charge in [0.25, 0.3) is 0 Å². The minimum atomic E-state index is -0.00801. The van der Waals surface area contributed by atoms with Crippen LogP contribution >= 0.6 is 0 Å². The molecule has 1 N–H and O–H groups in total. The van der Waals surface area contributed by atoms with Crippen LogP contribution in [0.3, 0.4) is 0 Å². The number of ether oxygens (including phenoxy) is 1. The van der Waals surface area contributed by atoms with Crippen LogP contribution in [0, 0.1) is 5.92 Å². The summed E-state index contributed by atoms with van der Waals surface area (Å²) in [6, 6.07) is 0.539. The lowest BCUT2D eigenvalue weighted by molar-refractivity contribution is -0.0432. The van der Waals surface area contributed by atoms with Crippen LogP contribution in [0.4, 0.5) is 0 Å². The zero-order valence-electron chi connectivity index (χ0n) is 9.39. The molecule has 0 aromatic rings. The number of rotatable bonds is 6. The van der Waals surface area contributed by atoms with Gasteiger partial charge in [-0.1, -0.05) is 6.92 Å². The SMILES string of the molecule is CCNC(C1CC1)C(C)(C)OCC. The fourth-order valence-electron chi connectivity index (χ4n) is 2.09. The highest BCUT2D eigenvalue weighted by atomic mass is 16.5. The zero-order valence-corrected chi connectivity index (χ0v) is 9.39. The van der Waals surface area contributed by atoms with E-state index in [9.17, 15) is 0 Å². The molecule has 1 saturated carbocycles. The Kier molecular flexibility index (Phi) is 3.74. The maximum Gasteiger partial charge on any atom is 0.0781 e. The van der Waals surface area contributed by atoms with Crippen LogP contribution in [0.1, 0.15) is 40.5 Å². The summed E-state index contributed by atoms with van der Waals surface area (Å²) in [6.45, 7) is 10.5. The second-order valence-corrected chi connectivity index (χ2v) is 4.41. The van der Waals surface area contributed by atoms with Crippen LogP contribution in [0.15, 0.2) is 0 Å². The Morgan fingerprint density at radius 3 is 2.38 bits per heavy atom. The van der Waals surface area contributed by atoms with Crippen molar-refractivity contribution in [1.82, 2.24) is 5.32 Å². The van der Waals surface area contributed by atoms with Crippen LogP contribution in [-0.2, 0) is 4.74 Å². The van der Waals surface area contributed by atoms with Crippen molar-refractivity contribution in [3.8, 4) is 0 Å². The third-order valence-electron chi connectivity index (χ3n) is 2.78. The Balaban J connectivity index is 2.50. The van der Waals surface area contributed by atoms with Crippen LogP contribution in [-0.4, -0.2) is 24.8 Å². The minimum Gasteiger partial charge on any atom is -0.374 e. The molecule has 0 saturated heterocycles. The van der Waals surface area contributed by atoms with E-state index in [2.05, 4.69) is 33.0 Å². The normalized spacial score (nSPS) is 20.3. The van der Waals surface area contributed by atoms with Crippen molar-refractivity contribution in [2.24, 2.45) is 5.92 Å². The smallest absolute Gasteiger partial charge is 0.0781 e. The van der Waals surface area contributed by atoms with Gasteiger partial charge in [0.2, 0.25) is 0 Å². The predicted octanol–water partition coefficient (Wildman–Crippen LogP) is 2.19. The molecule has 2 heteroatoms. The Morgan fingerprint density at radius 1 is 1.38 bits per heavy atom. The summed E-state index contributed by atoms with van der Waals surface area (Å²) in [5.41, 5.74) is -0.00801. The first-order valence-corrected chi connectivity index (χ1v) is 5.49. The first-order valence-electron chi connectivity index (χ1n) is 5.49. The average molecular weight is 185 g/mol. The van der Waals surface area contributed by atoms with Crippen molar-refractivity contribution in [1.29, 1.82) is 0 Å². The molecule has 13 heavy (non-hydrogen) atoms. The van der Waals surface area contributed by atoms with Gasteiger partial charge in [-0.05, 0) is 46.1 Å². The molecule has 0 amide bonds. The van der Waals surface area contributed by atoms with E-state index >= 15 is 0 Å². The third kappa shape index (κ3) is 2.96. The van der Waals surface area contributed by atoms with E-state index in [4.69, 9.17) is 4.74 Å². The van der Waals surface area contributed by atoms with E-state index in [1.54, 1.807) is 0 Å². The van der Waals surface area contributed by atoms with E-state index in [1.165, 1.54) is 12.8 Å². The summed E-state index contributed by atoms with van der Waals surface area (Å²) in [4.78, 5) is 0. The Morgan fingerprint density at radius 2 is 2.00 bits per heavy atom.